The molecule has 4 heteroatoms. The van der Waals surface area contributed by atoms with Gasteiger partial charge in [0.25, 0.3) is 0 Å². The third-order valence-corrected chi connectivity index (χ3v) is 3.38. The van der Waals surface area contributed by atoms with Crippen LogP contribution < -0.4 is 5.32 Å². The van der Waals surface area contributed by atoms with Gasteiger partial charge in [0, 0.05) is 19.6 Å². The van der Waals surface area contributed by atoms with Gasteiger partial charge in [0.15, 0.2) is 0 Å². The second-order valence-electron chi connectivity index (χ2n) is 5.06. The van der Waals surface area contributed by atoms with Crippen molar-refractivity contribution in [3.05, 3.63) is 48.6 Å². The minimum atomic E-state index is -0.350. The van der Waals surface area contributed by atoms with Gasteiger partial charge in [-0.3, -0.25) is 4.90 Å². The van der Waals surface area contributed by atoms with Gasteiger partial charge in [-0.1, -0.05) is 36.4 Å². The maximum absolute atomic E-state index is 11.5. The zero-order valence-electron chi connectivity index (χ0n) is 11.8. The predicted molar refractivity (Wildman–Crippen MR) is 79.4 cm³/mol. The highest BCUT2D eigenvalue weighted by molar-refractivity contribution is 5.67. The van der Waals surface area contributed by atoms with Crippen molar-refractivity contribution in [2.75, 3.05) is 19.6 Å². The lowest BCUT2D eigenvalue weighted by atomic mass is 10.1. The Labute approximate surface area is 120 Å². The Morgan fingerprint density at radius 3 is 3.00 bits per heavy atom. The molecule has 1 aromatic rings. The van der Waals surface area contributed by atoms with Gasteiger partial charge in [0.05, 0.1) is 0 Å². The quantitative estimate of drug-likeness (QED) is 0.839. The molecule has 0 saturated carbocycles. The summed E-state index contributed by atoms with van der Waals surface area (Å²) in [7, 11) is 0. The first-order valence-corrected chi connectivity index (χ1v) is 7.09. The van der Waals surface area contributed by atoms with E-state index in [4.69, 9.17) is 4.74 Å². The average molecular weight is 274 g/mol. The molecule has 0 aliphatic carbocycles. The largest absolute Gasteiger partial charge is 0.445 e. The highest BCUT2D eigenvalue weighted by Gasteiger charge is 2.22. The van der Waals surface area contributed by atoms with Crippen LogP contribution in [0.2, 0.25) is 0 Å². The number of alkyl carbamates (subject to hydrolysis) is 1. The number of benzene rings is 1. The second-order valence-corrected chi connectivity index (χ2v) is 5.06. The second kappa shape index (κ2) is 7.70. The van der Waals surface area contributed by atoms with Crippen LogP contribution in [0.15, 0.2) is 43.0 Å². The summed E-state index contributed by atoms with van der Waals surface area (Å²) in [5.41, 5.74) is 1.30. The van der Waals surface area contributed by atoms with Crippen molar-refractivity contribution in [1.82, 2.24) is 10.2 Å². The van der Waals surface area contributed by atoms with Crippen LogP contribution in [0.5, 0.6) is 0 Å². The molecule has 2 rings (SSSR count). The van der Waals surface area contributed by atoms with E-state index in [0.29, 0.717) is 6.54 Å². The standard InChI is InChI=1S/C16H22N2O2/c1-2-10-17-16(19)20-15-9-6-11-18(13-15)12-14-7-4-3-5-8-14/h2-5,7-8,15H,1,6,9-13H2,(H,17,19). The molecule has 1 heterocycles. The number of rotatable bonds is 5. The van der Waals surface area contributed by atoms with E-state index in [0.717, 1.165) is 32.5 Å². The molecule has 20 heavy (non-hydrogen) atoms. The molecule has 1 unspecified atom stereocenters. The zero-order chi connectivity index (χ0) is 14.2. The Balaban J connectivity index is 1.79. The van der Waals surface area contributed by atoms with Crippen molar-refractivity contribution in [3.8, 4) is 0 Å². The first kappa shape index (κ1) is 14.6. The number of carbonyl (C=O) groups excluding carboxylic acids is 1. The van der Waals surface area contributed by atoms with Crippen LogP contribution in [0.1, 0.15) is 18.4 Å². The van der Waals surface area contributed by atoms with Crippen LogP contribution in [0.3, 0.4) is 0 Å². The molecule has 1 aliphatic heterocycles. The van der Waals surface area contributed by atoms with E-state index in [1.54, 1.807) is 6.08 Å². The van der Waals surface area contributed by atoms with Gasteiger partial charge in [-0.25, -0.2) is 4.79 Å². The van der Waals surface area contributed by atoms with Crippen molar-refractivity contribution >= 4 is 6.09 Å². The molecule has 108 valence electrons. The van der Waals surface area contributed by atoms with Gasteiger partial charge in [-0.05, 0) is 24.9 Å². The van der Waals surface area contributed by atoms with Crippen LogP contribution in [0, 0.1) is 0 Å². The van der Waals surface area contributed by atoms with E-state index in [1.165, 1.54) is 5.56 Å². The molecule has 1 fully saturated rings. The van der Waals surface area contributed by atoms with Crippen LogP contribution in [0.25, 0.3) is 0 Å². The molecule has 4 nitrogen and oxygen atoms in total. The lowest BCUT2D eigenvalue weighted by Gasteiger charge is -2.32. The summed E-state index contributed by atoms with van der Waals surface area (Å²) in [4.78, 5) is 13.9. The Kier molecular flexibility index (Phi) is 5.62. The van der Waals surface area contributed by atoms with Gasteiger partial charge in [-0.15, -0.1) is 6.58 Å². The zero-order valence-corrected chi connectivity index (χ0v) is 11.8. The molecule has 0 spiro atoms. The number of likely N-dealkylation sites (tertiary alicyclic amines) is 1. The molecule has 1 aromatic carbocycles. The lowest BCUT2D eigenvalue weighted by Crippen LogP contribution is -2.41. The van der Waals surface area contributed by atoms with Crippen LogP contribution in [0.4, 0.5) is 4.79 Å². The van der Waals surface area contributed by atoms with E-state index in [1.807, 2.05) is 6.07 Å². The van der Waals surface area contributed by atoms with Crippen LogP contribution in [-0.2, 0) is 11.3 Å². The maximum atomic E-state index is 11.5. The van der Waals surface area contributed by atoms with Gasteiger partial charge in [-0.2, -0.15) is 0 Å². The van der Waals surface area contributed by atoms with Gasteiger partial charge < -0.3 is 10.1 Å². The number of amides is 1. The Morgan fingerprint density at radius 1 is 1.45 bits per heavy atom. The van der Waals surface area contributed by atoms with Crippen molar-refractivity contribution in [2.45, 2.75) is 25.5 Å². The summed E-state index contributed by atoms with van der Waals surface area (Å²) in [6, 6.07) is 10.4. The minimum absolute atomic E-state index is 0.0164. The van der Waals surface area contributed by atoms with Gasteiger partial charge >= 0.3 is 6.09 Å². The van der Waals surface area contributed by atoms with Gasteiger partial charge in [0.1, 0.15) is 6.10 Å². The van der Waals surface area contributed by atoms with Crippen LogP contribution >= 0.6 is 0 Å². The molecular weight excluding hydrogens is 252 g/mol. The molecule has 1 atom stereocenters. The van der Waals surface area contributed by atoms with E-state index in [-0.39, 0.29) is 12.2 Å². The van der Waals surface area contributed by atoms with Crippen molar-refractivity contribution in [1.29, 1.82) is 0 Å². The Bertz CT molecular complexity index is 433. The van der Waals surface area contributed by atoms with Crippen molar-refractivity contribution in [2.24, 2.45) is 0 Å². The summed E-state index contributed by atoms with van der Waals surface area (Å²) in [5, 5.41) is 2.65. The lowest BCUT2D eigenvalue weighted by molar-refractivity contribution is 0.0402. The molecule has 0 radical (unpaired) electrons. The number of nitrogens with zero attached hydrogens (tertiary/aromatic N) is 1. The fraction of sp³-hybridized carbons (Fsp3) is 0.438. The van der Waals surface area contributed by atoms with Gasteiger partial charge in [0.2, 0.25) is 0 Å². The molecule has 0 aromatic heterocycles. The topological polar surface area (TPSA) is 41.6 Å². The molecule has 1 amide bonds. The molecule has 0 bridgehead atoms. The number of hydrogen-bond donors (Lipinski definition) is 1. The summed E-state index contributed by atoms with van der Waals surface area (Å²) >= 11 is 0. The highest BCUT2D eigenvalue weighted by atomic mass is 16.6. The summed E-state index contributed by atoms with van der Waals surface area (Å²) < 4.78 is 5.42. The average Bonchev–Trinajstić information content (AvgIpc) is 2.46. The monoisotopic (exact) mass is 274 g/mol. The third kappa shape index (κ3) is 4.70. The summed E-state index contributed by atoms with van der Waals surface area (Å²) in [6.07, 6.45) is 3.27. The normalized spacial score (nSPS) is 19.3. The smallest absolute Gasteiger partial charge is 0.407 e. The first-order valence-electron chi connectivity index (χ1n) is 7.09. The first-order chi connectivity index (χ1) is 9.78. The van der Waals surface area contributed by atoms with E-state index in [9.17, 15) is 4.79 Å². The predicted octanol–water partition coefficient (Wildman–Crippen LogP) is 2.56. The molecule has 1 N–H and O–H groups in total. The number of ether oxygens (including phenoxy) is 1. The number of nitrogens with one attached hydrogen (secondary N) is 1. The fourth-order valence-electron chi connectivity index (χ4n) is 2.44. The van der Waals surface area contributed by atoms with Crippen LogP contribution in [-0.4, -0.2) is 36.7 Å². The molecule has 1 saturated heterocycles. The molecular formula is C16H22N2O2. The summed E-state index contributed by atoms with van der Waals surface area (Å²) in [6.45, 7) is 6.78. The van der Waals surface area contributed by atoms with E-state index < -0.39 is 0 Å². The number of hydrogen-bond acceptors (Lipinski definition) is 3. The minimum Gasteiger partial charge on any atom is -0.445 e. The summed E-state index contributed by atoms with van der Waals surface area (Å²) in [5.74, 6) is 0. The van der Waals surface area contributed by atoms with Crippen molar-refractivity contribution in [3.63, 3.8) is 0 Å². The molecule has 1 aliphatic rings. The van der Waals surface area contributed by atoms with Crippen molar-refractivity contribution < 1.29 is 9.53 Å². The Hall–Kier alpha value is -1.81. The fourth-order valence-corrected chi connectivity index (χ4v) is 2.44. The number of carbonyl (C=O) groups is 1. The highest BCUT2D eigenvalue weighted by Crippen LogP contribution is 2.16. The number of piperidine rings is 1. The SMILES string of the molecule is C=CCNC(=O)OC1CCCN(Cc2ccccc2)C1. The third-order valence-electron chi connectivity index (χ3n) is 3.38. The van der Waals surface area contributed by atoms with E-state index in [2.05, 4.69) is 41.1 Å². The van der Waals surface area contributed by atoms with E-state index >= 15 is 0 Å². The maximum Gasteiger partial charge on any atom is 0.407 e. The Morgan fingerprint density at radius 2 is 2.25 bits per heavy atom.